The third kappa shape index (κ3) is 3.98. The lowest BCUT2D eigenvalue weighted by molar-refractivity contribution is 0.143. The highest BCUT2D eigenvalue weighted by molar-refractivity contribution is 5.37. The molecular formula is C18H29NO2. The minimum Gasteiger partial charge on any atom is -0.491 e. The maximum Gasteiger partial charge on any atom is 0.124 e. The fraction of sp³-hybridized carbons (Fsp3) is 0.667. The van der Waals surface area contributed by atoms with E-state index in [9.17, 15) is 0 Å². The van der Waals surface area contributed by atoms with Crippen molar-refractivity contribution < 1.29 is 9.47 Å². The van der Waals surface area contributed by atoms with E-state index < -0.39 is 0 Å². The summed E-state index contributed by atoms with van der Waals surface area (Å²) in [6, 6.07) is 8.81. The Balaban J connectivity index is 2.23. The first-order chi connectivity index (χ1) is 10.2. The lowest BCUT2D eigenvalue weighted by Gasteiger charge is -2.36. The predicted molar refractivity (Wildman–Crippen MR) is 86.8 cm³/mol. The van der Waals surface area contributed by atoms with Crippen LogP contribution in [0.25, 0.3) is 0 Å². The van der Waals surface area contributed by atoms with E-state index in [-0.39, 0.29) is 0 Å². The Kier molecular flexibility index (Phi) is 6.07. The third-order valence-electron chi connectivity index (χ3n) is 4.63. The Labute approximate surface area is 129 Å². The van der Waals surface area contributed by atoms with Crippen molar-refractivity contribution in [3.63, 3.8) is 0 Å². The summed E-state index contributed by atoms with van der Waals surface area (Å²) >= 11 is 0. The van der Waals surface area contributed by atoms with Crippen LogP contribution in [-0.4, -0.2) is 26.9 Å². The van der Waals surface area contributed by atoms with Gasteiger partial charge in [0.25, 0.3) is 0 Å². The largest absolute Gasteiger partial charge is 0.491 e. The highest BCUT2D eigenvalue weighted by Gasteiger charge is 2.38. The average molecular weight is 291 g/mol. The van der Waals surface area contributed by atoms with E-state index >= 15 is 0 Å². The Morgan fingerprint density at radius 1 is 1.19 bits per heavy atom. The van der Waals surface area contributed by atoms with Crippen molar-refractivity contribution in [1.29, 1.82) is 0 Å². The molecule has 3 nitrogen and oxygen atoms in total. The first kappa shape index (κ1) is 16.3. The van der Waals surface area contributed by atoms with E-state index in [4.69, 9.17) is 9.47 Å². The molecule has 1 N–H and O–H groups in total. The molecule has 0 aliphatic heterocycles. The van der Waals surface area contributed by atoms with Crippen LogP contribution in [0.1, 0.15) is 51.1 Å². The first-order valence-corrected chi connectivity index (χ1v) is 8.15. The first-order valence-electron chi connectivity index (χ1n) is 8.15. The van der Waals surface area contributed by atoms with Crippen molar-refractivity contribution in [2.75, 3.05) is 26.9 Å². The van der Waals surface area contributed by atoms with Crippen LogP contribution in [0, 0.1) is 5.41 Å². The van der Waals surface area contributed by atoms with Crippen LogP contribution >= 0.6 is 0 Å². The lowest BCUT2D eigenvalue weighted by atomic mass is 9.77. The Morgan fingerprint density at radius 2 is 1.90 bits per heavy atom. The number of methoxy groups -OCH3 is 1. The molecule has 0 amide bonds. The zero-order valence-electron chi connectivity index (χ0n) is 13.7. The second-order valence-corrected chi connectivity index (χ2v) is 6.23. The molecule has 1 aliphatic carbocycles. The zero-order chi connectivity index (χ0) is 15.1. The normalized spacial score (nSPS) is 18.6. The smallest absolute Gasteiger partial charge is 0.124 e. The number of ether oxygens (including phenoxy) is 2. The van der Waals surface area contributed by atoms with Gasteiger partial charge >= 0.3 is 0 Å². The molecule has 0 heterocycles. The molecule has 21 heavy (non-hydrogen) atoms. The summed E-state index contributed by atoms with van der Waals surface area (Å²) in [5, 5.41) is 3.70. The third-order valence-corrected chi connectivity index (χ3v) is 4.63. The molecule has 1 atom stereocenters. The van der Waals surface area contributed by atoms with E-state index in [2.05, 4.69) is 37.4 Å². The van der Waals surface area contributed by atoms with E-state index in [0.29, 0.717) is 24.7 Å². The van der Waals surface area contributed by atoms with Gasteiger partial charge in [-0.3, -0.25) is 0 Å². The monoisotopic (exact) mass is 291 g/mol. The molecule has 1 unspecified atom stereocenters. The topological polar surface area (TPSA) is 30.5 Å². The van der Waals surface area contributed by atoms with Crippen LogP contribution in [-0.2, 0) is 4.74 Å². The molecule has 2 rings (SSSR count). The van der Waals surface area contributed by atoms with Crippen molar-refractivity contribution in [2.45, 2.75) is 45.6 Å². The van der Waals surface area contributed by atoms with Crippen LogP contribution in [0.4, 0.5) is 0 Å². The Bertz CT molecular complexity index is 427. The van der Waals surface area contributed by atoms with E-state index in [1.807, 2.05) is 6.07 Å². The number of para-hydroxylation sites is 1. The standard InChI is InChI=1S/C18H29NO2/c1-4-19-17(18(2)11-7-8-12-18)15-9-5-6-10-16(15)21-14-13-20-3/h5-6,9-10,17,19H,4,7-8,11-14H2,1-3H3. The summed E-state index contributed by atoms with van der Waals surface area (Å²) in [5.41, 5.74) is 1.62. The second kappa shape index (κ2) is 7.81. The molecule has 118 valence electrons. The highest BCUT2D eigenvalue weighted by atomic mass is 16.5. The van der Waals surface area contributed by atoms with Gasteiger partial charge < -0.3 is 14.8 Å². The van der Waals surface area contributed by atoms with Gasteiger partial charge in [0, 0.05) is 18.7 Å². The summed E-state index contributed by atoms with van der Waals surface area (Å²) in [7, 11) is 1.70. The predicted octanol–water partition coefficient (Wildman–Crippen LogP) is 3.94. The van der Waals surface area contributed by atoms with Crippen LogP contribution in [0.2, 0.25) is 0 Å². The molecule has 0 aromatic heterocycles. The molecule has 0 bridgehead atoms. The molecule has 1 aliphatic rings. The second-order valence-electron chi connectivity index (χ2n) is 6.23. The van der Waals surface area contributed by atoms with Gasteiger partial charge in [0.1, 0.15) is 12.4 Å². The maximum atomic E-state index is 5.94. The Morgan fingerprint density at radius 3 is 2.57 bits per heavy atom. The number of hydrogen-bond donors (Lipinski definition) is 1. The minimum atomic E-state index is 0.330. The van der Waals surface area contributed by atoms with Gasteiger partial charge in [-0.15, -0.1) is 0 Å². The van der Waals surface area contributed by atoms with Crippen LogP contribution in [0.5, 0.6) is 5.75 Å². The molecule has 1 fully saturated rings. The molecule has 0 spiro atoms. The maximum absolute atomic E-state index is 5.94. The number of hydrogen-bond acceptors (Lipinski definition) is 3. The number of nitrogens with one attached hydrogen (secondary N) is 1. The van der Waals surface area contributed by atoms with Gasteiger partial charge in [-0.25, -0.2) is 0 Å². The summed E-state index contributed by atoms with van der Waals surface area (Å²) in [6.45, 7) is 6.80. The fourth-order valence-corrected chi connectivity index (χ4v) is 3.49. The van der Waals surface area contributed by atoms with Crippen LogP contribution in [0.3, 0.4) is 0 Å². The van der Waals surface area contributed by atoms with E-state index in [1.165, 1.54) is 31.2 Å². The summed E-state index contributed by atoms with van der Waals surface area (Å²) in [6.07, 6.45) is 5.25. The van der Waals surface area contributed by atoms with Crippen LogP contribution in [0.15, 0.2) is 24.3 Å². The van der Waals surface area contributed by atoms with Gasteiger partial charge in [-0.2, -0.15) is 0 Å². The van der Waals surface area contributed by atoms with Crippen molar-refractivity contribution in [3.05, 3.63) is 29.8 Å². The minimum absolute atomic E-state index is 0.330. The Hall–Kier alpha value is -1.06. The van der Waals surface area contributed by atoms with Gasteiger partial charge in [0.15, 0.2) is 0 Å². The number of rotatable bonds is 8. The fourth-order valence-electron chi connectivity index (χ4n) is 3.49. The quantitative estimate of drug-likeness (QED) is 0.736. The molecular weight excluding hydrogens is 262 g/mol. The van der Waals surface area contributed by atoms with Crippen molar-refractivity contribution in [3.8, 4) is 5.75 Å². The van der Waals surface area contributed by atoms with Gasteiger partial charge in [-0.05, 0) is 30.9 Å². The number of benzene rings is 1. The molecule has 0 radical (unpaired) electrons. The molecule has 1 aromatic carbocycles. The van der Waals surface area contributed by atoms with E-state index in [1.54, 1.807) is 7.11 Å². The SMILES string of the molecule is CCNC(c1ccccc1OCCOC)C1(C)CCCC1. The van der Waals surface area contributed by atoms with Crippen molar-refractivity contribution >= 4 is 0 Å². The van der Waals surface area contributed by atoms with Gasteiger partial charge in [0.2, 0.25) is 0 Å². The highest BCUT2D eigenvalue weighted by Crippen LogP contribution is 2.48. The summed E-state index contributed by atoms with van der Waals surface area (Å²) < 4.78 is 11.0. The van der Waals surface area contributed by atoms with Gasteiger partial charge in [0.05, 0.1) is 6.61 Å². The summed E-state index contributed by atoms with van der Waals surface area (Å²) in [5.74, 6) is 0.994. The molecule has 0 saturated heterocycles. The summed E-state index contributed by atoms with van der Waals surface area (Å²) in [4.78, 5) is 0. The van der Waals surface area contributed by atoms with Crippen molar-refractivity contribution in [1.82, 2.24) is 5.32 Å². The van der Waals surface area contributed by atoms with E-state index in [0.717, 1.165) is 12.3 Å². The van der Waals surface area contributed by atoms with Crippen molar-refractivity contribution in [2.24, 2.45) is 5.41 Å². The lowest BCUT2D eigenvalue weighted by Crippen LogP contribution is -2.34. The van der Waals surface area contributed by atoms with Gasteiger partial charge in [-0.1, -0.05) is 44.9 Å². The molecule has 3 heteroatoms. The molecule has 1 saturated carbocycles. The van der Waals surface area contributed by atoms with Crippen LogP contribution < -0.4 is 10.1 Å². The zero-order valence-corrected chi connectivity index (χ0v) is 13.7. The average Bonchev–Trinajstić information content (AvgIpc) is 2.93. The molecule has 1 aromatic rings.